The van der Waals surface area contributed by atoms with Crippen LogP contribution in [0.1, 0.15) is 18.5 Å². The van der Waals surface area contributed by atoms with Crippen molar-refractivity contribution in [2.45, 2.75) is 19.3 Å². The van der Waals surface area contributed by atoms with Gasteiger partial charge in [-0.3, -0.25) is 0 Å². The number of rotatable bonds is 6. The van der Waals surface area contributed by atoms with Crippen LogP contribution in [-0.4, -0.2) is 27.1 Å². The summed E-state index contributed by atoms with van der Waals surface area (Å²) in [6.45, 7) is 2.65. The predicted octanol–water partition coefficient (Wildman–Crippen LogP) is 3.26. The summed E-state index contributed by atoms with van der Waals surface area (Å²) < 4.78 is 10.2. The first kappa shape index (κ1) is 14.7. The van der Waals surface area contributed by atoms with Gasteiger partial charge < -0.3 is 14.8 Å². The average molecular weight is 278 g/mol. The van der Waals surface area contributed by atoms with Crippen LogP contribution in [0.25, 0.3) is 0 Å². The molecule has 17 heavy (non-hydrogen) atoms. The fourth-order valence-electron chi connectivity index (χ4n) is 1.44. The number of ether oxygens (including phenoxy) is 2. The Morgan fingerprint density at radius 2 is 1.82 bits per heavy atom. The lowest BCUT2D eigenvalue weighted by atomic mass is 10.1. The third-order valence-electron chi connectivity index (χ3n) is 2.56. The molecule has 0 saturated heterocycles. The number of methoxy groups -OCH3 is 2. The van der Waals surface area contributed by atoms with Gasteiger partial charge in [0.1, 0.15) is 0 Å². The minimum Gasteiger partial charge on any atom is -0.355 e. The fourth-order valence-corrected chi connectivity index (χ4v) is 1.74. The molecule has 0 radical (unpaired) electrons. The monoisotopic (exact) mass is 277 g/mol. The first-order chi connectivity index (χ1) is 8.08. The van der Waals surface area contributed by atoms with Gasteiger partial charge in [0.25, 0.3) is 0 Å². The highest BCUT2D eigenvalue weighted by Gasteiger charge is 2.10. The lowest BCUT2D eigenvalue weighted by Gasteiger charge is -2.19. The molecule has 5 heteroatoms. The Morgan fingerprint density at radius 1 is 1.18 bits per heavy atom. The zero-order valence-corrected chi connectivity index (χ0v) is 11.7. The number of benzene rings is 1. The van der Waals surface area contributed by atoms with E-state index in [2.05, 4.69) is 5.32 Å². The topological polar surface area (TPSA) is 30.5 Å². The summed E-state index contributed by atoms with van der Waals surface area (Å²) in [5, 5.41) is 4.42. The minimum atomic E-state index is -0.250. The Balaban J connectivity index is 2.57. The van der Waals surface area contributed by atoms with Crippen LogP contribution < -0.4 is 5.32 Å². The van der Waals surface area contributed by atoms with E-state index in [1.165, 1.54) is 0 Å². The van der Waals surface area contributed by atoms with Crippen LogP contribution in [0.3, 0.4) is 0 Å². The smallest absolute Gasteiger partial charge is 0.169 e. The zero-order valence-electron chi connectivity index (χ0n) is 10.2. The van der Waals surface area contributed by atoms with E-state index < -0.39 is 0 Å². The van der Waals surface area contributed by atoms with Crippen molar-refractivity contribution in [1.29, 1.82) is 0 Å². The summed E-state index contributed by atoms with van der Waals surface area (Å²) in [5.41, 5.74) is 1.07. The van der Waals surface area contributed by atoms with Gasteiger partial charge in [0.15, 0.2) is 6.29 Å². The van der Waals surface area contributed by atoms with Crippen LogP contribution in [-0.2, 0) is 9.47 Å². The van der Waals surface area contributed by atoms with Gasteiger partial charge in [0, 0.05) is 26.8 Å². The third-order valence-corrected chi connectivity index (χ3v) is 3.30. The Kier molecular flexibility index (Phi) is 6.23. The molecule has 0 saturated carbocycles. The quantitative estimate of drug-likeness (QED) is 0.810. The second kappa shape index (κ2) is 7.19. The van der Waals surface area contributed by atoms with Crippen molar-refractivity contribution in [2.75, 3.05) is 20.8 Å². The van der Waals surface area contributed by atoms with Gasteiger partial charge in [0.2, 0.25) is 0 Å². The Bertz CT molecular complexity index is 356. The molecular weight excluding hydrogens is 261 g/mol. The van der Waals surface area contributed by atoms with Crippen molar-refractivity contribution in [3.8, 4) is 0 Å². The van der Waals surface area contributed by atoms with E-state index in [-0.39, 0.29) is 12.3 Å². The maximum Gasteiger partial charge on any atom is 0.169 e. The fraction of sp³-hybridized carbons (Fsp3) is 0.500. The van der Waals surface area contributed by atoms with Gasteiger partial charge in [-0.1, -0.05) is 29.3 Å². The van der Waals surface area contributed by atoms with Crippen LogP contribution >= 0.6 is 23.2 Å². The molecule has 0 bridgehead atoms. The molecule has 0 heterocycles. The highest BCUT2D eigenvalue weighted by molar-refractivity contribution is 6.42. The molecule has 1 aromatic rings. The summed E-state index contributed by atoms with van der Waals surface area (Å²) >= 11 is 11.8. The van der Waals surface area contributed by atoms with Crippen LogP contribution in [0.4, 0.5) is 0 Å². The molecule has 96 valence electrons. The second-order valence-electron chi connectivity index (χ2n) is 3.70. The number of nitrogens with one attached hydrogen (secondary N) is 1. The first-order valence-electron chi connectivity index (χ1n) is 5.32. The van der Waals surface area contributed by atoms with E-state index >= 15 is 0 Å². The van der Waals surface area contributed by atoms with Gasteiger partial charge in [-0.25, -0.2) is 0 Å². The highest BCUT2D eigenvalue weighted by Crippen LogP contribution is 2.25. The largest absolute Gasteiger partial charge is 0.355 e. The number of hydrogen-bond acceptors (Lipinski definition) is 3. The first-order valence-corrected chi connectivity index (χ1v) is 6.08. The third kappa shape index (κ3) is 4.45. The SMILES string of the molecule is COC(CNC(C)c1ccc(Cl)c(Cl)c1)OC. The van der Waals surface area contributed by atoms with Gasteiger partial charge in [-0.05, 0) is 24.6 Å². The van der Waals surface area contributed by atoms with Gasteiger partial charge in [-0.2, -0.15) is 0 Å². The van der Waals surface area contributed by atoms with Crippen LogP contribution in [0.2, 0.25) is 10.0 Å². The van der Waals surface area contributed by atoms with E-state index in [1.807, 2.05) is 19.1 Å². The molecule has 0 aliphatic heterocycles. The van der Waals surface area contributed by atoms with Crippen molar-refractivity contribution >= 4 is 23.2 Å². The second-order valence-corrected chi connectivity index (χ2v) is 4.52. The predicted molar refractivity (Wildman–Crippen MR) is 70.7 cm³/mol. The summed E-state index contributed by atoms with van der Waals surface area (Å²) in [6.07, 6.45) is -0.250. The van der Waals surface area contributed by atoms with E-state index in [0.717, 1.165) is 5.56 Å². The summed E-state index contributed by atoms with van der Waals surface area (Å²) in [5.74, 6) is 0. The molecule has 0 aliphatic rings. The van der Waals surface area contributed by atoms with E-state index in [4.69, 9.17) is 32.7 Å². The maximum absolute atomic E-state index is 5.97. The molecule has 3 nitrogen and oxygen atoms in total. The Labute approximate surface area is 112 Å². The minimum absolute atomic E-state index is 0.151. The number of hydrogen-bond donors (Lipinski definition) is 1. The van der Waals surface area contributed by atoms with Gasteiger partial charge >= 0.3 is 0 Å². The highest BCUT2D eigenvalue weighted by atomic mass is 35.5. The van der Waals surface area contributed by atoms with Crippen molar-refractivity contribution in [3.05, 3.63) is 33.8 Å². The summed E-state index contributed by atoms with van der Waals surface area (Å²) in [7, 11) is 3.22. The molecular formula is C12H17Cl2NO2. The molecule has 1 N–H and O–H groups in total. The molecule has 0 amide bonds. The van der Waals surface area contributed by atoms with Gasteiger partial charge in [-0.15, -0.1) is 0 Å². The molecule has 0 spiro atoms. The van der Waals surface area contributed by atoms with Gasteiger partial charge in [0.05, 0.1) is 10.0 Å². The molecule has 1 unspecified atom stereocenters. The van der Waals surface area contributed by atoms with Crippen LogP contribution in [0.5, 0.6) is 0 Å². The van der Waals surface area contributed by atoms with Crippen molar-refractivity contribution in [2.24, 2.45) is 0 Å². The van der Waals surface area contributed by atoms with E-state index in [9.17, 15) is 0 Å². The molecule has 1 aromatic carbocycles. The Hall–Kier alpha value is -0.320. The van der Waals surface area contributed by atoms with Crippen LogP contribution in [0.15, 0.2) is 18.2 Å². The summed E-state index contributed by atoms with van der Waals surface area (Å²) in [4.78, 5) is 0. The molecule has 1 rings (SSSR count). The maximum atomic E-state index is 5.97. The lowest BCUT2D eigenvalue weighted by Crippen LogP contribution is -2.31. The summed E-state index contributed by atoms with van der Waals surface area (Å²) in [6, 6.07) is 5.75. The average Bonchev–Trinajstić information content (AvgIpc) is 2.33. The lowest BCUT2D eigenvalue weighted by molar-refractivity contribution is -0.0997. The van der Waals surface area contributed by atoms with Crippen molar-refractivity contribution in [1.82, 2.24) is 5.32 Å². The molecule has 0 fully saturated rings. The van der Waals surface area contributed by atoms with Crippen LogP contribution in [0, 0.1) is 0 Å². The van der Waals surface area contributed by atoms with Crippen molar-refractivity contribution < 1.29 is 9.47 Å². The normalized spacial score (nSPS) is 13.1. The molecule has 0 aromatic heterocycles. The van der Waals surface area contributed by atoms with E-state index in [0.29, 0.717) is 16.6 Å². The zero-order chi connectivity index (χ0) is 12.8. The van der Waals surface area contributed by atoms with E-state index in [1.54, 1.807) is 20.3 Å². The molecule has 1 atom stereocenters. The van der Waals surface area contributed by atoms with Crippen molar-refractivity contribution in [3.63, 3.8) is 0 Å². The standard InChI is InChI=1S/C12H17Cl2NO2/c1-8(15-7-12(16-2)17-3)9-4-5-10(13)11(14)6-9/h4-6,8,12,15H,7H2,1-3H3. The number of halogens is 2. The Morgan fingerprint density at radius 3 is 2.35 bits per heavy atom. The molecule has 0 aliphatic carbocycles.